The summed E-state index contributed by atoms with van der Waals surface area (Å²) >= 11 is 0. The Balaban J connectivity index is 1.67. The van der Waals surface area contributed by atoms with Gasteiger partial charge in [-0.05, 0) is 51.7 Å². The zero-order valence-electron chi connectivity index (χ0n) is 15.6. The fraction of sp³-hybridized carbons (Fsp3) is 0.700. The van der Waals surface area contributed by atoms with E-state index >= 15 is 0 Å². The van der Waals surface area contributed by atoms with Gasteiger partial charge in [-0.2, -0.15) is 0 Å². The van der Waals surface area contributed by atoms with Crippen LogP contribution in [0.15, 0.2) is 24.4 Å². The predicted molar refractivity (Wildman–Crippen MR) is 98.1 cm³/mol. The van der Waals surface area contributed by atoms with Crippen molar-refractivity contribution in [2.75, 3.05) is 19.7 Å². The number of likely N-dealkylation sites (tertiary alicyclic amines) is 1. The molecule has 1 amide bonds. The van der Waals surface area contributed by atoms with Crippen molar-refractivity contribution in [3.05, 3.63) is 30.1 Å². The number of piperidine rings is 1. The second-order valence-electron chi connectivity index (χ2n) is 7.53. The smallest absolute Gasteiger partial charge is 0.237 e. The van der Waals surface area contributed by atoms with Crippen LogP contribution in [0.4, 0.5) is 0 Å². The van der Waals surface area contributed by atoms with Crippen molar-refractivity contribution in [3.63, 3.8) is 0 Å². The minimum atomic E-state index is 0.170. The number of pyridine rings is 1. The van der Waals surface area contributed by atoms with Crippen molar-refractivity contribution in [2.45, 2.75) is 70.7 Å². The van der Waals surface area contributed by atoms with Crippen molar-refractivity contribution < 1.29 is 9.53 Å². The summed E-state index contributed by atoms with van der Waals surface area (Å²) in [5.74, 6) is 0.196. The van der Waals surface area contributed by atoms with Crippen LogP contribution in [0.2, 0.25) is 0 Å². The standard InChI is InChI=1S/C20H31N3O2/c1-16-7-5-8-17(2)23(16)15-20(24)22(14-19-10-6-12-25-19)13-18-9-3-4-11-21-18/h3-4,9,11,16-17,19H,5-8,10,12-15H2,1-2H3/t16-,17+,19-/m1/s1. The molecule has 3 atom stereocenters. The van der Waals surface area contributed by atoms with Crippen LogP contribution >= 0.6 is 0 Å². The van der Waals surface area contributed by atoms with E-state index in [9.17, 15) is 4.79 Å². The summed E-state index contributed by atoms with van der Waals surface area (Å²) in [5, 5.41) is 0. The summed E-state index contributed by atoms with van der Waals surface area (Å²) in [6.07, 6.45) is 7.73. The van der Waals surface area contributed by atoms with Crippen molar-refractivity contribution in [3.8, 4) is 0 Å². The fourth-order valence-corrected chi connectivity index (χ4v) is 4.02. The van der Waals surface area contributed by atoms with E-state index in [1.165, 1.54) is 19.3 Å². The third-order valence-electron chi connectivity index (χ3n) is 5.57. The molecule has 3 heterocycles. The van der Waals surface area contributed by atoms with Crippen LogP contribution in [-0.4, -0.2) is 58.6 Å². The topological polar surface area (TPSA) is 45.7 Å². The number of hydrogen-bond acceptors (Lipinski definition) is 4. The molecule has 25 heavy (non-hydrogen) atoms. The Labute approximate surface area is 151 Å². The van der Waals surface area contributed by atoms with Gasteiger partial charge in [0.15, 0.2) is 0 Å². The van der Waals surface area contributed by atoms with Gasteiger partial charge in [-0.15, -0.1) is 0 Å². The molecule has 5 heteroatoms. The van der Waals surface area contributed by atoms with Gasteiger partial charge in [0.2, 0.25) is 5.91 Å². The molecule has 0 N–H and O–H groups in total. The van der Waals surface area contributed by atoms with E-state index in [0.717, 1.165) is 25.1 Å². The van der Waals surface area contributed by atoms with Crippen LogP contribution in [-0.2, 0) is 16.1 Å². The molecule has 0 aliphatic carbocycles. The van der Waals surface area contributed by atoms with Gasteiger partial charge in [0.05, 0.1) is 24.9 Å². The van der Waals surface area contributed by atoms with E-state index in [2.05, 4.69) is 23.7 Å². The Morgan fingerprint density at radius 1 is 1.24 bits per heavy atom. The fourth-order valence-electron chi connectivity index (χ4n) is 4.02. The van der Waals surface area contributed by atoms with Crippen LogP contribution in [0.1, 0.15) is 51.6 Å². The van der Waals surface area contributed by atoms with E-state index in [0.29, 0.717) is 31.7 Å². The van der Waals surface area contributed by atoms with Gasteiger partial charge >= 0.3 is 0 Å². The number of carbonyl (C=O) groups is 1. The monoisotopic (exact) mass is 345 g/mol. The second-order valence-corrected chi connectivity index (χ2v) is 7.53. The number of hydrogen-bond donors (Lipinski definition) is 0. The summed E-state index contributed by atoms with van der Waals surface area (Å²) in [6, 6.07) is 6.83. The lowest BCUT2D eigenvalue weighted by Crippen LogP contribution is -2.50. The van der Waals surface area contributed by atoms with Crippen LogP contribution in [0.3, 0.4) is 0 Å². The van der Waals surface area contributed by atoms with E-state index < -0.39 is 0 Å². The number of amides is 1. The number of ether oxygens (including phenoxy) is 1. The van der Waals surface area contributed by atoms with Gasteiger partial charge in [-0.25, -0.2) is 0 Å². The average Bonchev–Trinajstić information content (AvgIpc) is 3.11. The Morgan fingerprint density at radius 3 is 2.68 bits per heavy atom. The summed E-state index contributed by atoms with van der Waals surface area (Å²) in [7, 11) is 0. The Kier molecular flexibility index (Phi) is 6.43. The third kappa shape index (κ3) is 5.02. The molecule has 2 fully saturated rings. The lowest BCUT2D eigenvalue weighted by Gasteiger charge is -2.39. The zero-order valence-corrected chi connectivity index (χ0v) is 15.6. The second kappa shape index (κ2) is 8.77. The Morgan fingerprint density at radius 2 is 2.04 bits per heavy atom. The molecule has 2 aliphatic rings. The Hall–Kier alpha value is -1.46. The number of rotatable bonds is 6. The van der Waals surface area contributed by atoms with E-state index in [1.807, 2.05) is 23.1 Å². The molecule has 5 nitrogen and oxygen atoms in total. The van der Waals surface area contributed by atoms with Gasteiger partial charge < -0.3 is 9.64 Å². The zero-order chi connectivity index (χ0) is 17.6. The number of carbonyl (C=O) groups excluding carboxylic acids is 1. The molecule has 2 aliphatic heterocycles. The van der Waals surface area contributed by atoms with Crippen molar-refractivity contribution in [1.82, 2.24) is 14.8 Å². The number of aromatic nitrogens is 1. The van der Waals surface area contributed by atoms with Crippen LogP contribution < -0.4 is 0 Å². The first-order valence-electron chi connectivity index (χ1n) is 9.68. The van der Waals surface area contributed by atoms with Crippen LogP contribution in [0, 0.1) is 0 Å². The summed E-state index contributed by atoms with van der Waals surface area (Å²) < 4.78 is 5.78. The van der Waals surface area contributed by atoms with Crippen molar-refractivity contribution >= 4 is 5.91 Å². The molecule has 138 valence electrons. The predicted octanol–water partition coefficient (Wildman–Crippen LogP) is 2.85. The first-order chi connectivity index (χ1) is 12.1. The maximum Gasteiger partial charge on any atom is 0.237 e. The van der Waals surface area contributed by atoms with Gasteiger partial charge in [0.25, 0.3) is 0 Å². The average molecular weight is 345 g/mol. The first-order valence-corrected chi connectivity index (χ1v) is 9.68. The molecule has 0 bridgehead atoms. The normalized spacial score (nSPS) is 27.4. The van der Waals surface area contributed by atoms with Crippen LogP contribution in [0.25, 0.3) is 0 Å². The highest BCUT2D eigenvalue weighted by atomic mass is 16.5. The van der Waals surface area contributed by atoms with E-state index in [1.54, 1.807) is 6.20 Å². The molecule has 1 aromatic rings. The highest BCUT2D eigenvalue weighted by Gasteiger charge is 2.29. The maximum absolute atomic E-state index is 13.1. The highest BCUT2D eigenvalue weighted by molar-refractivity contribution is 5.78. The Bertz CT molecular complexity index is 535. The third-order valence-corrected chi connectivity index (χ3v) is 5.57. The molecular weight excluding hydrogens is 314 g/mol. The molecule has 0 unspecified atom stereocenters. The van der Waals surface area contributed by atoms with E-state index in [4.69, 9.17) is 4.74 Å². The van der Waals surface area contributed by atoms with Crippen LogP contribution in [0.5, 0.6) is 0 Å². The van der Waals surface area contributed by atoms with E-state index in [-0.39, 0.29) is 12.0 Å². The maximum atomic E-state index is 13.1. The first kappa shape index (κ1) is 18.3. The minimum Gasteiger partial charge on any atom is -0.376 e. The minimum absolute atomic E-state index is 0.170. The van der Waals surface area contributed by atoms with Gasteiger partial charge in [-0.1, -0.05) is 12.5 Å². The quantitative estimate of drug-likeness (QED) is 0.795. The molecule has 0 saturated carbocycles. The van der Waals surface area contributed by atoms with Gasteiger partial charge in [0, 0.05) is 31.4 Å². The molecule has 0 radical (unpaired) electrons. The number of nitrogens with zero attached hydrogens (tertiary/aromatic N) is 3. The molecule has 0 aromatic carbocycles. The molecule has 0 spiro atoms. The molecule has 1 aromatic heterocycles. The highest BCUT2D eigenvalue weighted by Crippen LogP contribution is 2.23. The molecule has 2 saturated heterocycles. The summed E-state index contributed by atoms with van der Waals surface area (Å²) in [6.45, 7) is 7.04. The largest absolute Gasteiger partial charge is 0.376 e. The van der Waals surface area contributed by atoms with Gasteiger partial charge in [-0.3, -0.25) is 14.7 Å². The van der Waals surface area contributed by atoms with Crippen molar-refractivity contribution in [1.29, 1.82) is 0 Å². The van der Waals surface area contributed by atoms with Gasteiger partial charge in [0.1, 0.15) is 0 Å². The van der Waals surface area contributed by atoms with Crippen molar-refractivity contribution in [2.24, 2.45) is 0 Å². The molecule has 3 rings (SSSR count). The molecular formula is C20H31N3O2. The lowest BCUT2D eigenvalue weighted by molar-refractivity contribution is -0.136. The summed E-state index contributed by atoms with van der Waals surface area (Å²) in [5.41, 5.74) is 0.939. The summed E-state index contributed by atoms with van der Waals surface area (Å²) in [4.78, 5) is 21.8. The SMILES string of the molecule is C[C@@H]1CCC[C@H](C)N1CC(=O)N(Cc1ccccn1)C[C@H]1CCCO1. The lowest BCUT2D eigenvalue weighted by atomic mass is 9.97.